The van der Waals surface area contributed by atoms with Crippen molar-refractivity contribution in [2.45, 2.75) is 19.3 Å². The first-order valence-corrected chi connectivity index (χ1v) is 7.43. The molecule has 20 heavy (non-hydrogen) atoms. The highest BCUT2D eigenvalue weighted by molar-refractivity contribution is 14.0. The van der Waals surface area contributed by atoms with Crippen molar-refractivity contribution in [1.82, 2.24) is 10.6 Å². The van der Waals surface area contributed by atoms with E-state index in [-0.39, 0.29) is 24.0 Å². The maximum atomic E-state index is 5.39. The van der Waals surface area contributed by atoms with Crippen molar-refractivity contribution in [3.8, 4) is 5.75 Å². The molecular weight excluding hydrogens is 433 g/mol. The number of nitrogens with zero attached hydrogens (tertiary/aromatic N) is 1. The van der Waals surface area contributed by atoms with E-state index in [2.05, 4.69) is 43.7 Å². The van der Waals surface area contributed by atoms with Gasteiger partial charge in [-0.25, -0.2) is 0 Å². The Morgan fingerprint density at radius 2 is 2.30 bits per heavy atom. The molecule has 1 aliphatic heterocycles. The molecule has 0 atom stereocenters. The third-order valence-electron chi connectivity index (χ3n) is 3.06. The highest BCUT2D eigenvalue weighted by atomic mass is 127. The Morgan fingerprint density at radius 3 is 3.00 bits per heavy atom. The van der Waals surface area contributed by atoms with Gasteiger partial charge in [-0.2, -0.15) is 0 Å². The Morgan fingerprint density at radius 1 is 1.45 bits per heavy atom. The number of aryl methyl sites for hydroxylation is 1. The van der Waals surface area contributed by atoms with Gasteiger partial charge in [-0.05, 0) is 37.0 Å². The van der Waals surface area contributed by atoms with Crippen LogP contribution >= 0.6 is 39.9 Å². The van der Waals surface area contributed by atoms with Crippen LogP contribution in [0.5, 0.6) is 5.75 Å². The topological polar surface area (TPSA) is 45.6 Å². The van der Waals surface area contributed by atoms with Gasteiger partial charge in [0.25, 0.3) is 0 Å². The molecule has 0 radical (unpaired) electrons. The van der Waals surface area contributed by atoms with Crippen LogP contribution in [0.4, 0.5) is 0 Å². The van der Waals surface area contributed by atoms with Gasteiger partial charge in [-0.15, -0.1) is 24.0 Å². The minimum Gasteiger partial charge on any atom is -0.496 e. The van der Waals surface area contributed by atoms with E-state index in [1.165, 1.54) is 5.56 Å². The second-order valence-corrected chi connectivity index (χ2v) is 5.41. The number of aliphatic imine (C=N–C) groups is 1. The van der Waals surface area contributed by atoms with E-state index in [0.29, 0.717) is 0 Å². The van der Waals surface area contributed by atoms with Crippen molar-refractivity contribution >= 4 is 45.9 Å². The molecule has 0 bridgehead atoms. The van der Waals surface area contributed by atoms with E-state index in [9.17, 15) is 0 Å². The van der Waals surface area contributed by atoms with Crippen molar-refractivity contribution < 1.29 is 4.74 Å². The van der Waals surface area contributed by atoms with Crippen molar-refractivity contribution in [3.63, 3.8) is 0 Å². The van der Waals surface area contributed by atoms with Gasteiger partial charge in [-0.3, -0.25) is 4.99 Å². The summed E-state index contributed by atoms with van der Waals surface area (Å²) in [7, 11) is 1.71. The van der Waals surface area contributed by atoms with Gasteiger partial charge < -0.3 is 15.4 Å². The molecule has 112 valence electrons. The molecule has 0 unspecified atom stereocenters. The maximum Gasteiger partial charge on any atom is 0.191 e. The first kappa shape index (κ1) is 17.6. The van der Waals surface area contributed by atoms with E-state index in [0.717, 1.165) is 55.1 Å². The summed E-state index contributed by atoms with van der Waals surface area (Å²) in [5.74, 6) is 1.89. The van der Waals surface area contributed by atoms with Crippen LogP contribution in [-0.2, 0) is 6.42 Å². The monoisotopic (exact) mass is 453 g/mol. The zero-order valence-electron chi connectivity index (χ0n) is 11.6. The lowest BCUT2D eigenvalue weighted by Crippen LogP contribution is -2.41. The van der Waals surface area contributed by atoms with Crippen LogP contribution in [-0.4, -0.2) is 32.7 Å². The number of rotatable bonds is 5. The van der Waals surface area contributed by atoms with Crippen molar-refractivity contribution in [3.05, 3.63) is 28.2 Å². The number of ether oxygens (including phenoxy) is 1. The first-order chi connectivity index (χ1) is 9.29. The SMILES string of the molecule is COc1cc(Br)ccc1CCCNC1=NCCCN1.I. The quantitative estimate of drug-likeness (QED) is 0.532. The van der Waals surface area contributed by atoms with Crippen molar-refractivity contribution in [2.24, 2.45) is 4.99 Å². The Hall–Kier alpha value is -0.500. The summed E-state index contributed by atoms with van der Waals surface area (Å²) in [5.41, 5.74) is 1.24. The summed E-state index contributed by atoms with van der Waals surface area (Å²) in [5, 5.41) is 6.59. The Labute approximate surface area is 145 Å². The van der Waals surface area contributed by atoms with E-state index in [1.807, 2.05) is 6.07 Å². The van der Waals surface area contributed by atoms with E-state index < -0.39 is 0 Å². The average molecular weight is 454 g/mol. The molecule has 0 fully saturated rings. The van der Waals surface area contributed by atoms with Gasteiger partial charge in [-0.1, -0.05) is 22.0 Å². The third kappa shape index (κ3) is 5.47. The second-order valence-electron chi connectivity index (χ2n) is 4.50. The van der Waals surface area contributed by atoms with E-state index in [4.69, 9.17) is 4.74 Å². The van der Waals surface area contributed by atoms with E-state index >= 15 is 0 Å². The fourth-order valence-corrected chi connectivity index (χ4v) is 2.40. The maximum absolute atomic E-state index is 5.39. The van der Waals surface area contributed by atoms with Crippen LogP contribution in [0.2, 0.25) is 0 Å². The fraction of sp³-hybridized carbons (Fsp3) is 0.500. The number of guanidine groups is 1. The molecule has 2 N–H and O–H groups in total. The molecule has 0 saturated carbocycles. The lowest BCUT2D eigenvalue weighted by Gasteiger charge is -2.16. The Bertz CT molecular complexity index is 454. The van der Waals surface area contributed by atoms with Crippen LogP contribution in [0, 0.1) is 0 Å². The molecule has 0 amide bonds. The number of halogens is 2. The highest BCUT2D eigenvalue weighted by Gasteiger charge is 2.05. The predicted octanol–water partition coefficient (Wildman–Crippen LogP) is 2.95. The Kier molecular flexibility index (Phi) is 8.28. The average Bonchev–Trinajstić information content (AvgIpc) is 2.46. The molecule has 1 aromatic carbocycles. The molecule has 0 aliphatic carbocycles. The lowest BCUT2D eigenvalue weighted by molar-refractivity contribution is 0.409. The summed E-state index contributed by atoms with van der Waals surface area (Å²) in [6.07, 6.45) is 3.18. The van der Waals surface area contributed by atoms with Gasteiger partial charge in [0.05, 0.1) is 7.11 Å². The summed E-state index contributed by atoms with van der Waals surface area (Å²) in [4.78, 5) is 4.38. The van der Waals surface area contributed by atoms with Crippen molar-refractivity contribution in [2.75, 3.05) is 26.7 Å². The minimum atomic E-state index is 0. The number of hydrogen-bond donors (Lipinski definition) is 2. The minimum absolute atomic E-state index is 0. The molecule has 0 aromatic heterocycles. The van der Waals surface area contributed by atoms with Gasteiger partial charge in [0, 0.05) is 24.1 Å². The van der Waals surface area contributed by atoms with Crippen LogP contribution in [0.3, 0.4) is 0 Å². The molecule has 1 aliphatic rings. The van der Waals surface area contributed by atoms with Crippen LogP contribution in [0.1, 0.15) is 18.4 Å². The fourth-order valence-electron chi connectivity index (χ4n) is 2.06. The van der Waals surface area contributed by atoms with Gasteiger partial charge in [0.2, 0.25) is 0 Å². The molecule has 6 heteroatoms. The zero-order valence-corrected chi connectivity index (χ0v) is 15.5. The van der Waals surface area contributed by atoms with Crippen LogP contribution in [0.15, 0.2) is 27.7 Å². The summed E-state index contributed by atoms with van der Waals surface area (Å²) in [6.45, 7) is 2.87. The number of methoxy groups -OCH3 is 1. The van der Waals surface area contributed by atoms with Crippen LogP contribution < -0.4 is 15.4 Å². The lowest BCUT2D eigenvalue weighted by atomic mass is 10.1. The molecule has 0 spiro atoms. The van der Waals surface area contributed by atoms with Gasteiger partial charge in [0.1, 0.15) is 5.75 Å². The number of nitrogens with one attached hydrogen (secondary N) is 2. The van der Waals surface area contributed by atoms with Crippen LogP contribution in [0.25, 0.3) is 0 Å². The predicted molar refractivity (Wildman–Crippen MR) is 97.4 cm³/mol. The Balaban J connectivity index is 0.00000200. The summed E-state index contributed by atoms with van der Waals surface area (Å²) >= 11 is 3.45. The largest absolute Gasteiger partial charge is 0.496 e. The molecular formula is C14H21BrIN3O. The standard InChI is InChI=1S/C14H20BrN3O.HI/c1-19-13-10-12(15)6-5-11(13)4-2-7-16-14-17-8-3-9-18-14;/h5-6,10H,2-4,7-9H2,1H3,(H2,16,17,18);1H. The molecule has 2 rings (SSSR count). The molecule has 1 aromatic rings. The second kappa shape index (κ2) is 9.44. The molecule has 4 nitrogen and oxygen atoms in total. The van der Waals surface area contributed by atoms with E-state index in [1.54, 1.807) is 7.11 Å². The molecule has 0 saturated heterocycles. The molecule has 1 heterocycles. The summed E-state index contributed by atoms with van der Waals surface area (Å²) in [6, 6.07) is 6.17. The van der Waals surface area contributed by atoms with Gasteiger partial charge in [0.15, 0.2) is 5.96 Å². The zero-order chi connectivity index (χ0) is 13.5. The number of hydrogen-bond acceptors (Lipinski definition) is 4. The van der Waals surface area contributed by atoms with Gasteiger partial charge >= 0.3 is 0 Å². The summed E-state index contributed by atoms with van der Waals surface area (Å²) < 4.78 is 6.43. The first-order valence-electron chi connectivity index (χ1n) is 6.64. The number of benzene rings is 1. The smallest absolute Gasteiger partial charge is 0.191 e. The normalized spacial score (nSPS) is 13.8. The highest BCUT2D eigenvalue weighted by Crippen LogP contribution is 2.24. The van der Waals surface area contributed by atoms with Crippen molar-refractivity contribution in [1.29, 1.82) is 0 Å². The third-order valence-corrected chi connectivity index (χ3v) is 3.55.